The van der Waals surface area contributed by atoms with Crippen LogP contribution < -0.4 is 5.56 Å². The van der Waals surface area contributed by atoms with E-state index in [2.05, 4.69) is 9.97 Å². The number of thiazole rings is 1. The minimum atomic E-state index is -0.334. The van der Waals surface area contributed by atoms with Crippen LogP contribution in [0.5, 0.6) is 0 Å². The first-order chi connectivity index (χ1) is 9.74. The molecule has 1 aliphatic heterocycles. The summed E-state index contributed by atoms with van der Waals surface area (Å²) in [5.74, 6) is 0.477. The molecule has 0 saturated heterocycles. The maximum atomic E-state index is 13.8. The van der Waals surface area contributed by atoms with E-state index in [0.717, 1.165) is 18.7 Å². The van der Waals surface area contributed by atoms with Crippen LogP contribution in [0.3, 0.4) is 0 Å². The van der Waals surface area contributed by atoms with E-state index in [0.29, 0.717) is 27.5 Å². The van der Waals surface area contributed by atoms with Crippen LogP contribution in [0.25, 0.3) is 20.9 Å². The van der Waals surface area contributed by atoms with Crippen LogP contribution in [-0.2, 0) is 13.0 Å². The monoisotopic (exact) mass is 287 g/mol. The number of benzene rings is 1. The lowest BCUT2D eigenvalue weighted by Gasteiger charge is -1.99. The van der Waals surface area contributed by atoms with Gasteiger partial charge in [0.05, 0.1) is 0 Å². The van der Waals surface area contributed by atoms with Crippen molar-refractivity contribution in [2.75, 3.05) is 0 Å². The molecule has 0 amide bonds. The van der Waals surface area contributed by atoms with E-state index >= 15 is 0 Å². The van der Waals surface area contributed by atoms with Crippen molar-refractivity contribution in [1.82, 2.24) is 14.5 Å². The maximum absolute atomic E-state index is 13.8. The molecule has 2 aromatic heterocycles. The number of rotatable bonds is 1. The highest BCUT2D eigenvalue weighted by Gasteiger charge is 2.20. The van der Waals surface area contributed by atoms with Gasteiger partial charge in [-0.3, -0.25) is 9.36 Å². The number of nitrogens with zero attached hydrogens (tertiary/aromatic N) is 3. The van der Waals surface area contributed by atoms with Gasteiger partial charge in [0.15, 0.2) is 10.3 Å². The summed E-state index contributed by atoms with van der Waals surface area (Å²) in [6.07, 6.45) is 1.76. The second-order valence-corrected chi connectivity index (χ2v) is 5.72. The van der Waals surface area contributed by atoms with Crippen molar-refractivity contribution in [1.29, 1.82) is 0 Å². The zero-order valence-electron chi connectivity index (χ0n) is 10.5. The number of halogens is 1. The van der Waals surface area contributed by atoms with Gasteiger partial charge in [-0.2, -0.15) is 0 Å². The van der Waals surface area contributed by atoms with E-state index in [1.807, 2.05) is 0 Å². The van der Waals surface area contributed by atoms with Crippen molar-refractivity contribution in [2.45, 2.75) is 19.4 Å². The van der Waals surface area contributed by atoms with Gasteiger partial charge in [-0.25, -0.2) is 14.4 Å². The van der Waals surface area contributed by atoms with Crippen molar-refractivity contribution in [3.8, 4) is 10.6 Å². The molecule has 0 spiro atoms. The van der Waals surface area contributed by atoms with Crippen molar-refractivity contribution in [3.05, 3.63) is 46.3 Å². The van der Waals surface area contributed by atoms with Gasteiger partial charge in [0.2, 0.25) is 0 Å². The molecule has 0 N–H and O–H groups in total. The van der Waals surface area contributed by atoms with E-state index in [9.17, 15) is 9.18 Å². The lowest BCUT2D eigenvalue weighted by atomic mass is 10.2. The highest BCUT2D eigenvalue weighted by molar-refractivity contribution is 7.21. The summed E-state index contributed by atoms with van der Waals surface area (Å²) in [4.78, 5) is 21.7. The van der Waals surface area contributed by atoms with E-state index in [4.69, 9.17) is 0 Å². The normalized spacial score (nSPS) is 13.8. The van der Waals surface area contributed by atoms with Crippen LogP contribution in [0.4, 0.5) is 4.39 Å². The lowest BCUT2D eigenvalue weighted by molar-refractivity contribution is 0.631. The molecule has 4 rings (SSSR count). The SMILES string of the molecule is O=c1c2nc(-c3ccccc3F)sc2nc2n1CCC2. The summed E-state index contributed by atoms with van der Waals surface area (Å²) in [5.41, 5.74) is 0.653. The van der Waals surface area contributed by atoms with Crippen molar-refractivity contribution in [2.24, 2.45) is 0 Å². The number of hydrogen-bond acceptors (Lipinski definition) is 4. The fourth-order valence-corrected chi connectivity index (χ4v) is 3.49. The number of hydrogen-bond donors (Lipinski definition) is 0. The van der Waals surface area contributed by atoms with Crippen LogP contribution in [0.2, 0.25) is 0 Å². The molecule has 0 fully saturated rings. The Balaban J connectivity index is 1.99. The standard InChI is InChI=1S/C14H10FN3OS/c15-9-5-2-1-4-8(9)12-17-11-13(20-12)16-10-6-3-7-18(10)14(11)19/h1-2,4-5H,3,6-7H2. The van der Waals surface area contributed by atoms with Crippen molar-refractivity contribution < 1.29 is 4.39 Å². The number of fused-ring (bicyclic) bond motifs is 2. The summed E-state index contributed by atoms with van der Waals surface area (Å²) in [7, 11) is 0. The minimum Gasteiger partial charge on any atom is -0.295 e. The van der Waals surface area contributed by atoms with Gasteiger partial charge in [-0.15, -0.1) is 0 Å². The molecule has 0 bridgehead atoms. The predicted octanol–water partition coefficient (Wildman–Crippen LogP) is 2.61. The summed E-state index contributed by atoms with van der Waals surface area (Å²) in [6, 6.07) is 6.44. The molecule has 3 aromatic rings. The van der Waals surface area contributed by atoms with Gasteiger partial charge in [0.1, 0.15) is 16.6 Å². The maximum Gasteiger partial charge on any atom is 0.280 e. The van der Waals surface area contributed by atoms with Crippen LogP contribution in [0.15, 0.2) is 29.1 Å². The number of aromatic nitrogens is 3. The molecule has 6 heteroatoms. The molecule has 1 aromatic carbocycles. The zero-order valence-corrected chi connectivity index (χ0v) is 11.3. The van der Waals surface area contributed by atoms with Gasteiger partial charge in [0.25, 0.3) is 5.56 Å². The molecule has 0 aliphatic carbocycles. The van der Waals surface area contributed by atoms with E-state index in [1.165, 1.54) is 17.4 Å². The molecule has 3 heterocycles. The Morgan fingerprint density at radius 1 is 1.25 bits per heavy atom. The number of aryl methyl sites for hydroxylation is 1. The molecular formula is C14H10FN3OS. The molecular weight excluding hydrogens is 277 g/mol. The Morgan fingerprint density at radius 3 is 2.95 bits per heavy atom. The highest BCUT2D eigenvalue weighted by Crippen LogP contribution is 2.30. The Kier molecular flexibility index (Phi) is 2.47. The predicted molar refractivity (Wildman–Crippen MR) is 75.4 cm³/mol. The van der Waals surface area contributed by atoms with Gasteiger partial charge < -0.3 is 0 Å². The fraction of sp³-hybridized carbons (Fsp3) is 0.214. The average molecular weight is 287 g/mol. The summed E-state index contributed by atoms with van der Waals surface area (Å²) < 4.78 is 15.5. The molecule has 0 atom stereocenters. The Morgan fingerprint density at radius 2 is 2.10 bits per heavy atom. The third-order valence-corrected chi connectivity index (χ3v) is 4.47. The first-order valence-corrected chi connectivity index (χ1v) is 7.21. The van der Waals surface area contributed by atoms with E-state index in [-0.39, 0.29) is 11.4 Å². The summed E-state index contributed by atoms with van der Waals surface area (Å²) in [6.45, 7) is 0.698. The largest absolute Gasteiger partial charge is 0.295 e. The molecule has 0 saturated carbocycles. The van der Waals surface area contributed by atoms with Crippen molar-refractivity contribution >= 4 is 21.7 Å². The quantitative estimate of drug-likeness (QED) is 0.691. The van der Waals surface area contributed by atoms with Gasteiger partial charge in [-0.1, -0.05) is 23.5 Å². The van der Waals surface area contributed by atoms with E-state index < -0.39 is 0 Å². The third-order valence-electron chi connectivity index (χ3n) is 3.49. The molecule has 100 valence electrons. The Labute approximate surface area is 117 Å². The highest BCUT2D eigenvalue weighted by atomic mass is 32.1. The third kappa shape index (κ3) is 1.61. The molecule has 0 radical (unpaired) electrons. The molecule has 20 heavy (non-hydrogen) atoms. The summed E-state index contributed by atoms with van der Waals surface area (Å²) >= 11 is 1.27. The Bertz CT molecular complexity index is 884. The Hall–Kier alpha value is -2.08. The van der Waals surface area contributed by atoms with Gasteiger partial charge in [0, 0.05) is 18.5 Å². The fourth-order valence-electron chi connectivity index (χ4n) is 2.52. The second kappa shape index (κ2) is 4.21. The smallest absolute Gasteiger partial charge is 0.280 e. The average Bonchev–Trinajstić information content (AvgIpc) is 3.06. The first kappa shape index (κ1) is 11.7. The minimum absolute atomic E-state index is 0.110. The van der Waals surface area contributed by atoms with Gasteiger partial charge in [-0.05, 0) is 18.6 Å². The summed E-state index contributed by atoms with van der Waals surface area (Å²) in [5, 5.41) is 0.506. The van der Waals surface area contributed by atoms with Crippen LogP contribution >= 0.6 is 11.3 Å². The second-order valence-electron chi connectivity index (χ2n) is 4.74. The van der Waals surface area contributed by atoms with Crippen LogP contribution in [-0.4, -0.2) is 14.5 Å². The molecule has 1 aliphatic rings. The van der Waals surface area contributed by atoms with Gasteiger partial charge >= 0.3 is 0 Å². The topological polar surface area (TPSA) is 47.8 Å². The molecule has 4 nitrogen and oxygen atoms in total. The van der Waals surface area contributed by atoms with Crippen LogP contribution in [0.1, 0.15) is 12.2 Å². The zero-order chi connectivity index (χ0) is 13.7. The lowest BCUT2D eigenvalue weighted by Crippen LogP contribution is -2.20. The first-order valence-electron chi connectivity index (χ1n) is 6.39. The van der Waals surface area contributed by atoms with E-state index in [1.54, 1.807) is 22.8 Å². The molecule has 0 unspecified atom stereocenters. The van der Waals surface area contributed by atoms with Crippen molar-refractivity contribution in [3.63, 3.8) is 0 Å². The van der Waals surface area contributed by atoms with Crippen LogP contribution in [0, 0.1) is 5.82 Å².